The van der Waals surface area contributed by atoms with Gasteiger partial charge in [-0.05, 0) is 34.5 Å². The molecule has 3 N–H and O–H groups in total. The van der Waals surface area contributed by atoms with Gasteiger partial charge in [0.25, 0.3) is 5.56 Å². The first kappa shape index (κ1) is 14.7. The molecule has 0 fully saturated rings. The zero-order valence-electron chi connectivity index (χ0n) is 11.1. The van der Waals surface area contributed by atoms with Gasteiger partial charge < -0.3 is 15.6 Å². The molecule has 0 bridgehead atoms. The number of halogens is 1. The molecule has 20 heavy (non-hydrogen) atoms. The van der Waals surface area contributed by atoms with Gasteiger partial charge in [-0.2, -0.15) is 0 Å². The van der Waals surface area contributed by atoms with Gasteiger partial charge in [-0.15, -0.1) is 0 Å². The lowest BCUT2D eigenvalue weighted by molar-refractivity contribution is 0.721. The number of H-pyrrole nitrogens is 1. The van der Waals surface area contributed by atoms with Gasteiger partial charge in [0.05, 0.1) is 6.33 Å². The van der Waals surface area contributed by atoms with Crippen molar-refractivity contribution in [1.29, 1.82) is 0 Å². The smallest absolute Gasteiger partial charge is 0.267 e. The van der Waals surface area contributed by atoms with E-state index in [1.807, 2.05) is 18.2 Å². The SMILES string of the molecule is NCCCN(Cc1ccccc1)c1nc[nH]c(=O)c1Br. The van der Waals surface area contributed by atoms with Crippen LogP contribution in [0, 0.1) is 0 Å². The van der Waals surface area contributed by atoms with Crippen molar-refractivity contribution in [2.24, 2.45) is 5.73 Å². The van der Waals surface area contributed by atoms with Crippen molar-refractivity contribution in [2.45, 2.75) is 13.0 Å². The lowest BCUT2D eigenvalue weighted by Gasteiger charge is -2.24. The number of benzene rings is 1. The van der Waals surface area contributed by atoms with Crippen LogP contribution in [0.5, 0.6) is 0 Å². The van der Waals surface area contributed by atoms with Crippen LogP contribution in [0.3, 0.4) is 0 Å². The number of nitrogens with two attached hydrogens (primary N) is 1. The van der Waals surface area contributed by atoms with E-state index in [1.165, 1.54) is 11.9 Å². The van der Waals surface area contributed by atoms with Crippen molar-refractivity contribution in [2.75, 3.05) is 18.0 Å². The monoisotopic (exact) mass is 336 g/mol. The summed E-state index contributed by atoms with van der Waals surface area (Å²) in [5.41, 5.74) is 6.58. The molecule has 1 aromatic carbocycles. The van der Waals surface area contributed by atoms with E-state index in [0.717, 1.165) is 13.0 Å². The molecule has 0 saturated heterocycles. The number of rotatable bonds is 6. The van der Waals surface area contributed by atoms with E-state index >= 15 is 0 Å². The highest BCUT2D eigenvalue weighted by Gasteiger charge is 2.14. The van der Waals surface area contributed by atoms with Gasteiger partial charge in [-0.1, -0.05) is 30.3 Å². The molecule has 1 aromatic heterocycles. The summed E-state index contributed by atoms with van der Waals surface area (Å²) in [5, 5.41) is 0. The molecular weight excluding hydrogens is 320 g/mol. The minimum Gasteiger partial charge on any atom is -0.351 e. The molecule has 0 radical (unpaired) electrons. The van der Waals surface area contributed by atoms with Crippen molar-refractivity contribution in [3.05, 3.63) is 57.0 Å². The Labute approximate surface area is 126 Å². The average Bonchev–Trinajstić information content (AvgIpc) is 2.48. The largest absolute Gasteiger partial charge is 0.351 e. The zero-order valence-corrected chi connectivity index (χ0v) is 12.6. The lowest BCUT2D eigenvalue weighted by Crippen LogP contribution is -2.28. The van der Waals surface area contributed by atoms with Gasteiger partial charge in [-0.3, -0.25) is 4.79 Å². The Morgan fingerprint density at radius 2 is 2.05 bits per heavy atom. The van der Waals surface area contributed by atoms with Crippen LogP contribution in [-0.2, 0) is 6.54 Å². The first-order valence-corrected chi connectivity index (χ1v) is 7.24. The van der Waals surface area contributed by atoms with Crippen molar-refractivity contribution < 1.29 is 0 Å². The summed E-state index contributed by atoms with van der Waals surface area (Å²) >= 11 is 3.31. The number of nitrogens with one attached hydrogen (secondary N) is 1. The lowest BCUT2D eigenvalue weighted by atomic mass is 10.2. The van der Waals surface area contributed by atoms with Crippen LogP contribution < -0.4 is 16.2 Å². The second-order valence-corrected chi connectivity index (χ2v) is 5.21. The Morgan fingerprint density at radius 3 is 2.75 bits per heavy atom. The Morgan fingerprint density at radius 1 is 1.30 bits per heavy atom. The van der Waals surface area contributed by atoms with E-state index in [2.05, 4.69) is 42.9 Å². The van der Waals surface area contributed by atoms with Gasteiger partial charge >= 0.3 is 0 Å². The summed E-state index contributed by atoms with van der Waals surface area (Å²) in [6.45, 7) is 2.04. The second-order valence-electron chi connectivity index (χ2n) is 4.42. The Balaban J connectivity index is 2.27. The van der Waals surface area contributed by atoms with Crippen molar-refractivity contribution in [3.8, 4) is 0 Å². The summed E-state index contributed by atoms with van der Waals surface area (Å²) in [6.07, 6.45) is 2.26. The molecule has 0 spiro atoms. The van der Waals surface area contributed by atoms with Crippen LogP contribution in [0.15, 0.2) is 45.9 Å². The Bertz CT molecular complexity index is 600. The highest BCUT2D eigenvalue weighted by Crippen LogP contribution is 2.21. The average molecular weight is 337 g/mol. The van der Waals surface area contributed by atoms with Gasteiger partial charge in [-0.25, -0.2) is 4.98 Å². The van der Waals surface area contributed by atoms with Crippen molar-refractivity contribution >= 4 is 21.7 Å². The maximum atomic E-state index is 11.7. The molecule has 0 saturated carbocycles. The van der Waals surface area contributed by atoms with E-state index in [-0.39, 0.29) is 5.56 Å². The Kier molecular flexibility index (Phi) is 5.31. The Hall–Kier alpha value is -1.66. The molecule has 1 heterocycles. The predicted octanol–water partition coefficient (Wildman–Crippen LogP) is 1.89. The minimum atomic E-state index is -0.180. The van der Waals surface area contributed by atoms with E-state index in [0.29, 0.717) is 23.4 Å². The second kappa shape index (κ2) is 7.21. The normalized spacial score (nSPS) is 10.5. The third kappa shape index (κ3) is 3.68. The summed E-state index contributed by atoms with van der Waals surface area (Å²) < 4.78 is 0.452. The number of hydrogen-bond acceptors (Lipinski definition) is 4. The molecule has 0 amide bonds. The third-order valence-corrected chi connectivity index (χ3v) is 3.64. The molecule has 0 unspecified atom stereocenters. The number of hydrogen-bond donors (Lipinski definition) is 2. The van der Waals surface area contributed by atoms with E-state index < -0.39 is 0 Å². The summed E-state index contributed by atoms with van der Waals surface area (Å²) in [5.74, 6) is 0.644. The standard InChI is InChI=1S/C14H17BrN4O/c15-12-13(17-10-18-14(12)20)19(8-4-7-16)9-11-5-2-1-3-6-11/h1-3,5-6,10H,4,7-9,16H2,(H,17,18,20). The van der Waals surface area contributed by atoms with Crippen molar-refractivity contribution in [3.63, 3.8) is 0 Å². The molecule has 2 rings (SSSR count). The summed E-state index contributed by atoms with van der Waals surface area (Å²) in [4.78, 5) is 20.6. The molecule has 6 heteroatoms. The molecule has 5 nitrogen and oxygen atoms in total. The number of aromatic amines is 1. The molecule has 0 aliphatic carbocycles. The molecule has 106 valence electrons. The summed E-state index contributed by atoms with van der Waals surface area (Å²) in [7, 11) is 0. The fourth-order valence-corrected chi connectivity index (χ4v) is 2.41. The van der Waals surface area contributed by atoms with Gasteiger partial charge in [0.15, 0.2) is 5.82 Å². The zero-order chi connectivity index (χ0) is 14.4. The van der Waals surface area contributed by atoms with E-state index in [9.17, 15) is 4.79 Å². The predicted molar refractivity (Wildman–Crippen MR) is 83.7 cm³/mol. The van der Waals surface area contributed by atoms with Crippen LogP contribution >= 0.6 is 15.9 Å². The maximum Gasteiger partial charge on any atom is 0.267 e. The molecular formula is C14H17BrN4O. The van der Waals surface area contributed by atoms with E-state index in [1.54, 1.807) is 0 Å². The van der Waals surface area contributed by atoms with Crippen molar-refractivity contribution in [1.82, 2.24) is 9.97 Å². The molecule has 2 aromatic rings. The quantitative estimate of drug-likeness (QED) is 0.844. The molecule has 0 atom stereocenters. The first-order chi connectivity index (χ1) is 9.72. The van der Waals surface area contributed by atoms with Crippen LogP contribution in [0.1, 0.15) is 12.0 Å². The topological polar surface area (TPSA) is 75.0 Å². The fourth-order valence-electron chi connectivity index (χ4n) is 1.94. The third-order valence-electron chi connectivity index (χ3n) is 2.93. The van der Waals surface area contributed by atoms with E-state index in [4.69, 9.17) is 5.73 Å². The number of aromatic nitrogens is 2. The summed E-state index contributed by atoms with van der Waals surface area (Å²) in [6, 6.07) is 10.1. The maximum absolute atomic E-state index is 11.7. The van der Waals surface area contributed by atoms with Crippen LogP contribution in [-0.4, -0.2) is 23.1 Å². The first-order valence-electron chi connectivity index (χ1n) is 6.44. The number of anilines is 1. The molecule has 0 aliphatic heterocycles. The minimum absolute atomic E-state index is 0.180. The fraction of sp³-hybridized carbons (Fsp3) is 0.286. The molecule has 0 aliphatic rings. The number of nitrogens with zero attached hydrogens (tertiary/aromatic N) is 2. The highest BCUT2D eigenvalue weighted by atomic mass is 79.9. The van der Waals surface area contributed by atoms with Gasteiger partial charge in [0.1, 0.15) is 4.47 Å². The van der Waals surface area contributed by atoms with Gasteiger partial charge in [0, 0.05) is 13.1 Å². The van der Waals surface area contributed by atoms with Crippen LogP contribution in [0.4, 0.5) is 5.82 Å². The van der Waals surface area contributed by atoms with Crippen LogP contribution in [0.25, 0.3) is 0 Å². The van der Waals surface area contributed by atoms with Gasteiger partial charge in [0.2, 0.25) is 0 Å². The van der Waals surface area contributed by atoms with Crippen LogP contribution in [0.2, 0.25) is 0 Å². The highest BCUT2D eigenvalue weighted by molar-refractivity contribution is 9.10.